The van der Waals surface area contributed by atoms with Crippen molar-refractivity contribution in [2.24, 2.45) is 0 Å². The third-order valence-electron chi connectivity index (χ3n) is 4.25. The van der Waals surface area contributed by atoms with E-state index in [0.717, 1.165) is 36.0 Å². The van der Waals surface area contributed by atoms with Gasteiger partial charge in [0.2, 0.25) is 6.79 Å². The molecule has 1 aromatic heterocycles. The molecule has 5 heteroatoms. The Hall–Kier alpha value is -2.92. The number of para-hydroxylation sites is 2. The van der Waals surface area contributed by atoms with Gasteiger partial charge in [0.15, 0.2) is 11.5 Å². The van der Waals surface area contributed by atoms with Gasteiger partial charge >= 0.3 is 0 Å². The van der Waals surface area contributed by atoms with Gasteiger partial charge in [-0.05, 0) is 42.0 Å². The van der Waals surface area contributed by atoms with Crippen LogP contribution in [0.3, 0.4) is 0 Å². The first-order valence-corrected chi connectivity index (χ1v) is 8.24. The van der Waals surface area contributed by atoms with E-state index < -0.39 is 0 Å². The molecule has 4 rings (SSSR count). The molecule has 0 saturated carbocycles. The molecule has 5 nitrogen and oxygen atoms in total. The van der Waals surface area contributed by atoms with Crippen LogP contribution in [0, 0.1) is 0 Å². The summed E-state index contributed by atoms with van der Waals surface area (Å²) in [5.41, 5.74) is 3.37. The highest BCUT2D eigenvalue weighted by molar-refractivity contribution is 5.48. The SMILES string of the molecule is COc1ccccc1-n1cccc1CNCc1ccc2c(c1)OCO2. The van der Waals surface area contributed by atoms with Gasteiger partial charge in [0.25, 0.3) is 0 Å². The van der Waals surface area contributed by atoms with Crippen LogP contribution < -0.4 is 19.5 Å². The molecule has 0 atom stereocenters. The second kappa shape index (κ2) is 6.91. The summed E-state index contributed by atoms with van der Waals surface area (Å²) in [5, 5.41) is 3.48. The Balaban J connectivity index is 1.45. The number of hydrogen-bond donors (Lipinski definition) is 1. The van der Waals surface area contributed by atoms with Crippen molar-refractivity contribution in [1.82, 2.24) is 9.88 Å². The minimum Gasteiger partial charge on any atom is -0.495 e. The standard InChI is InChI=1S/C20H20N2O3/c1-23-18-7-3-2-6-17(18)22-10-4-5-16(22)13-21-12-15-8-9-19-20(11-15)25-14-24-19/h2-11,21H,12-14H2,1H3. The summed E-state index contributed by atoms with van der Waals surface area (Å²) in [6, 6.07) is 18.2. The first-order chi connectivity index (χ1) is 12.3. The molecular formula is C20H20N2O3. The van der Waals surface area contributed by atoms with Gasteiger partial charge in [-0.15, -0.1) is 0 Å². The summed E-state index contributed by atoms with van der Waals surface area (Å²) < 4.78 is 18.4. The summed E-state index contributed by atoms with van der Waals surface area (Å²) in [7, 11) is 1.69. The molecular weight excluding hydrogens is 316 g/mol. The fraction of sp³-hybridized carbons (Fsp3) is 0.200. The molecule has 1 aliphatic rings. The fourth-order valence-corrected chi connectivity index (χ4v) is 3.01. The number of hydrogen-bond acceptors (Lipinski definition) is 4. The molecule has 3 aromatic rings. The summed E-state index contributed by atoms with van der Waals surface area (Å²) in [4.78, 5) is 0. The second-order valence-corrected chi connectivity index (χ2v) is 5.83. The third-order valence-corrected chi connectivity index (χ3v) is 4.25. The van der Waals surface area contributed by atoms with Gasteiger partial charge in [-0.1, -0.05) is 18.2 Å². The smallest absolute Gasteiger partial charge is 0.231 e. The van der Waals surface area contributed by atoms with Gasteiger partial charge in [-0.3, -0.25) is 0 Å². The molecule has 2 heterocycles. The zero-order valence-corrected chi connectivity index (χ0v) is 14.1. The number of aromatic nitrogens is 1. The lowest BCUT2D eigenvalue weighted by Gasteiger charge is -2.13. The molecule has 1 aliphatic heterocycles. The van der Waals surface area contributed by atoms with E-state index in [4.69, 9.17) is 14.2 Å². The molecule has 1 N–H and O–H groups in total. The number of nitrogens with one attached hydrogen (secondary N) is 1. The molecule has 2 aromatic carbocycles. The average Bonchev–Trinajstić information content (AvgIpc) is 3.30. The second-order valence-electron chi connectivity index (χ2n) is 5.83. The highest BCUT2D eigenvalue weighted by atomic mass is 16.7. The minimum atomic E-state index is 0.304. The van der Waals surface area contributed by atoms with Crippen LogP contribution in [-0.2, 0) is 13.1 Å². The maximum absolute atomic E-state index is 5.47. The largest absolute Gasteiger partial charge is 0.495 e. The molecule has 0 aliphatic carbocycles. The zero-order valence-electron chi connectivity index (χ0n) is 14.1. The van der Waals surface area contributed by atoms with Gasteiger partial charge in [-0.2, -0.15) is 0 Å². The molecule has 0 fully saturated rings. The number of benzene rings is 2. The predicted molar refractivity (Wildman–Crippen MR) is 95.4 cm³/mol. The van der Waals surface area contributed by atoms with Crippen molar-refractivity contribution in [2.45, 2.75) is 13.1 Å². The van der Waals surface area contributed by atoms with Crippen LogP contribution in [0.2, 0.25) is 0 Å². The fourth-order valence-electron chi connectivity index (χ4n) is 3.01. The predicted octanol–water partition coefficient (Wildman–Crippen LogP) is 3.50. The van der Waals surface area contributed by atoms with Gasteiger partial charge in [-0.25, -0.2) is 0 Å². The summed E-state index contributed by atoms with van der Waals surface area (Å²) >= 11 is 0. The van der Waals surface area contributed by atoms with Crippen molar-refractivity contribution in [3.63, 3.8) is 0 Å². The number of rotatable bonds is 6. The lowest BCUT2D eigenvalue weighted by Crippen LogP contribution is -2.15. The number of methoxy groups -OCH3 is 1. The van der Waals surface area contributed by atoms with Crippen molar-refractivity contribution >= 4 is 0 Å². The van der Waals surface area contributed by atoms with Crippen molar-refractivity contribution in [1.29, 1.82) is 0 Å². The van der Waals surface area contributed by atoms with Crippen LogP contribution in [0.4, 0.5) is 0 Å². The van der Waals surface area contributed by atoms with E-state index in [1.165, 1.54) is 11.3 Å². The van der Waals surface area contributed by atoms with Crippen molar-refractivity contribution in [3.8, 4) is 22.9 Å². The van der Waals surface area contributed by atoms with Crippen molar-refractivity contribution < 1.29 is 14.2 Å². The van der Waals surface area contributed by atoms with E-state index in [2.05, 4.69) is 34.3 Å². The summed E-state index contributed by atoms with van der Waals surface area (Å²) in [6.45, 7) is 1.81. The normalized spacial score (nSPS) is 12.4. The van der Waals surface area contributed by atoms with Crippen molar-refractivity contribution in [3.05, 3.63) is 72.1 Å². The maximum atomic E-state index is 5.47. The quantitative estimate of drug-likeness (QED) is 0.748. The lowest BCUT2D eigenvalue weighted by atomic mass is 10.2. The average molecular weight is 336 g/mol. The molecule has 0 saturated heterocycles. The summed E-state index contributed by atoms with van der Waals surface area (Å²) in [6.07, 6.45) is 2.05. The molecule has 0 amide bonds. The first-order valence-electron chi connectivity index (χ1n) is 8.24. The number of nitrogens with zero attached hydrogens (tertiary/aromatic N) is 1. The van der Waals surface area contributed by atoms with Crippen LogP contribution in [0.15, 0.2) is 60.8 Å². The monoisotopic (exact) mass is 336 g/mol. The molecule has 128 valence electrons. The topological polar surface area (TPSA) is 44.7 Å². The van der Waals surface area contributed by atoms with Crippen LogP contribution in [0.1, 0.15) is 11.3 Å². The maximum Gasteiger partial charge on any atom is 0.231 e. The Morgan fingerprint density at radius 2 is 1.88 bits per heavy atom. The van der Waals surface area contributed by atoms with Crippen molar-refractivity contribution in [2.75, 3.05) is 13.9 Å². The van der Waals surface area contributed by atoms with Gasteiger partial charge in [0.05, 0.1) is 12.8 Å². The van der Waals surface area contributed by atoms with E-state index in [1.807, 2.05) is 36.4 Å². The van der Waals surface area contributed by atoms with Crippen LogP contribution in [0.25, 0.3) is 5.69 Å². The Morgan fingerprint density at radius 1 is 1.00 bits per heavy atom. The molecule has 25 heavy (non-hydrogen) atoms. The van der Waals surface area contributed by atoms with E-state index in [-0.39, 0.29) is 0 Å². The Labute approximate surface area is 146 Å². The molecule has 0 radical (unpaired) electrons. The highest BCUT2D eigenvalue weighted by Gasteiger charge is 2.13. The first kappa shape index (κ1) is 15.6. The number of ether oxygens (including phenoxy) is 3. The van der Waals surface area contributed by atoms with Crippen LogP contribution in [-0.4, -0.2) is 18.5 Å². The molecule has 0 spiro atoms. The number of fused-ring (bicyclic) bond motifs is 1. The van der Waals surface area contributed by atoms with Gasteiger partial charge in [0, 0.05) is 25.0 Å². The lowest BCUT2D eigenvalue weighted by molar-refractivity contribution is 0.174. The third kappa shape index (κ3) is 3.19. The van der Waals surface area contributed by atoms with Gasteiger partial charge in [0.1, 0.15) is 5.75 Å². The van der Waals surface area contributed by atoms with Gasteiger partial charge < -0.3 is 24.1 Å². The zero-order chi connectivity index (χ0) is 17.1. The van der Waals surface area contributed by atoms with E-state index >= 15 is 0 Å². The van der Waals surface area contributed by atoms with E-state index in [0.29, 0.717) is 6.79 Å². The Kier molecular flexibility index (Phi) is 4.31. The minimum absolute atomic E-state index is 0.304. The highest BCUT2D eigenvalue weighted by Crippen LogP contribution is 2.32. The van der Waals surface area contributed by atoms with E-state index in [1.54, 1.807) is 7.11 Å². The molecule has 0 unspecified atom stereocenters. The van der Waals surface area contributed by atoms with Crippen LogP contribution in [0.5, 0.6) is 17.2 Å². The summed E-state index contributed by atoms with van der Waals surface area (Å²) in [5.74, 6) is 2.49. The molecule has 0 bridgehead atoms. The Bertz CT molecular complexity index is 873. The van der Waals surface area contributed by atoms with Crippen LogP contribution >= 0.6 is 0 Å². The Morgan fingerprint density at radius 3 is 2.80 bits per heavy atom. The van der Waals surface area contributed by atoms with E-state index in [9.17, 15) is 0 Å².